The molecule has 4 heterocycles. The standard InChI is InChI=1S/C16H21BrN4S/c1-11-6-13-10-20(4-5-21(13)8-11)9-12-7-18-19-16(12)14-2-3-15(17)22-14/h2-3,7,11,13H,4-6,8-10H2,1H3,(H,18,19). The first kappa shape index (κ1) is 14.9. The van der Waals surface area contributed by atoms with Crippen molar-refractivity contribution in [2.24, 2.45) is 5.92 Å². The molecule has 0 bridgehead atoms. The number of halogens is 1. The minimum absolute atomic E-state index is 0.759. The second-order valence-corrected chi connectivity index (χ2v) is 9.06. The summed E-state index contributed by atoms with van der Waals surface area (Å²) in [5, 5.41) is 7.46. The van der Waals surface area contributed by atoms with Gasteiger partial charge in [-0.05, 0) is 40.4 Å². The Labute approximate surface area is 143 Å². The van der Waals surface area contributed by atoms with Crippen LogP contribution in [0.5, 0.6) is 0 Å². The van der Waals surface area contributed by atoms with Crippen molar-refractivity contribution in [2.45, 2.75) is 25.9 Å². The van der Waals surface area contributed by atoms with Crippen molar-refractivity contribution in [2.75, 3.05) is 26.2 Å². The van der Waals surface area contributed by atoms with E-state index in [1.54, 1.807) is 11.3 Å². The summed E-state index contributed by atoms with van der Waals surface area (Å²) in [6, 6.07) is 5.01. The minimum Gasteiger partial charge on any atom is -0.298 e. The van der Waals surface area contributed by atoms with Gasteiger partial charge < -0.3 is 0 Å². The molecule has 0 radical (unpaired) electrons. The van der Waals surface area contributed by atoms with Crippen molar-refractivity contribution in [3.05, 3.63) is 27.7 Å². The second kappa shape index (κ2) is 6.07. The molecule has 0 saturated carbocycles. The lowest BCUT2D eigenvalue weighted by Crippen LogP contribution is -2.49. The van der Waals surface area contributed by atoms with E-state index in [2.05, 4.69) is 55.0 Å². The van der Waals surface area contributed by atoms with Crippen LogP contribution in [-0.4, -0.2) is 52.2 Å². The number of hydrogen-bond donors (Lipinski definition) is 1. The number of H-pyrrole nitrogens is 1. The van der Waals surface area contributed by atoms with Gasteiger partial charge in [-0.15, -0.1) is 11.3 Å². The first-order valence-electron chi connectivity index (χ1n) is 7.93. The number of thiophene rings is 1. The van der Waals surface area contributed by atoms with Gasteiger partial charge in [-0.25, -0.2) is 0 Å². The molecule has 1 N–H and O–H groups in total. The summed E-state index contributed by atoms with van der Waals surface area (Å²) < 4.78 is 1.16. The number of nitrogens with one attached hydrogen (secondary N) is 1. The first-order chi connectivity index (χ1) is 10.7. The Bertz CT molecular complexity index is 652. The van der Waals surface area contributed by atoms with Crippen molar-refractivity contribution < 1.29 is 0 Å². The summed E-state index contributed by atoms with van der Waals surface area (Å²) in [4.78, 5) is 6.52. The lowest BCUT2D eigenvalue weighted by Gasteiger charge is -2.37. The third-order valence-electron chi connectivity index (χ3n) is 4.84. The van der Waals surface area contributed by atoms with Crippen molar-refractivity contribution in [1.82, 2.24) is 20.0 Å². The van der Waals surface area contributed by atoms with Gasteiger partial charge in [-0.1, -0.05) is 6.92 Å². The highest BCUT2D eigenvalue weighted by Gasteiger charge is 2.34. The van der Waals surface area contributed by atoms with Gasteiger partial charge in [0.05, 0.1) is 20.6 Å². The number of rotatable bonds is 3. The van der Waals surface area contributed by atoms with Crippen molar-refractivity contribution >= 4 is 27.3 Å². The first-order valence-corrected chi connectivity index (χ1v) is 9.54. The Morgan fingerprint density at radius 3 is 3.09 bits per heavy atom. The van der Waals surface area contributed by atoms with Crippen LogP contribution in [0.2, 0.25) is 0 Å². The van der Waals surface area contributed by atoms with E-state index in [1.807, 2.05) is 6.20 Å². The van der Waals surface area contributed by atoms with Crippen LogP contribution in [-0.2, 0) is 6.54 Å². The maximum Gasteiger partial charge on any atom is 0.0795 e. The van der Waals surface area contributed by atoms with E-state index in [9.17, 15) is 0 Å². The Kier molecular flexibility index (Phi) is 4.11. The Morgan fingerprint density at radius 2 is 2.27 bits per heavy atom. The van der Waals surface area contributed by atoms with Crippen molar-refractivity contribution in [3.8, 4) is 10.6 Å². The molecule has 2 aliphatic rings. The van der Waals surface area contributed by atoms with E-state index in [0.29, 0.717) is 0 Å². The van der Waals surface area contributed by atoms with Crippen molar-refractivity contribution in [3.63, 3.8) is 0 Å². The van der Waals surface area contributed by atoms with E-state index in [-0.39, 0.29) is 0 Å². The number of fused-ring (bicyclic) bond motifs is 1. The van der Waals surface area contributed by atoms with Gasteiger partial charge >= 0.3 is 0 Å². The number of aromatic nitrogens is 2. The molecular weight excluding hydrogens is 360 g/mol. The van der Waals surface area contributed by atoms with E-state index < -0.39 is 0 Å². The zero-order chi connectivity index (χ0) is 15.1. The molecule has 118 valence electrons. The predicted molar refractivity (Wildman–Crippen MR) is 94.0 cm³/mol. The van der Waals surface area contributed by atoms with Crippen LogP contribution in [0.15, 0.2) is 22.1 Å². The molecule has 2 atom stereocenters. The second-order valence-electron chi connectivity index (χ2n) is 6.60. The average molecular weight is 381 g/mol. The summed E-state index contributed by atoms with van der Waals surface area (Å²) in [5.74, 6) is 0.859. The van der Waals surface area contributed by atoms with Crippen LogP contribution in [0.4, 0.5) is 0 Å². The fourth-order valence-electron chi connectivity index (χ4n) is 3.84. The van der Waals surface area contributed by atoms with E-state index in [1.165, 1.54) is 48.7 Å². The Hall–Kier alpha value is -0.690. The lowest BCUT2D eigenvalue weighted by atomic mass is 10.1. The molecule has 4 nitrogen and oxygen atoms in total. The highest BCUT2D eigenvalue weighted by molar-refractivity contribution is 9.11. The van der Waals surface area contributed by atoms with Crippen LogP contribution in [0.25, 0.3) is 10.6 Å². The fourth-order valence-corrected chi connectivity index (χ4v) is 5.25. The third-order valence-corrected chi connectivity index (χ3v) is 6.48. The van der Waals surface area contributed by atoms with E-state index in [0.717, 1.165) is 22.3 Å². The van der Waals surface area contributed by atoms with Crippen LogP contribution in [0.1, 0.15) is 18.9 Å². The van der Waals surface area contributed by atoms with Gasteiger partial charge in [0.15, 0.2) is 0 Å². The monoisotopic (exact) mass is 380 g/mol. The highest BCUT2D eigenvalue weighted by atomic mass is 79.9. The molecule has 0 aliphatic carbocycles. The van der Waals surface area contributed by atoms with Gasteiger partial charge in [-0.3, -0.25) is 14.9 Å². The van der Waals surface area contributed by atoms with Crippen LogP contribution in [0, 0.1) is 5.92 Å². The van der Waals surface area contributed by atoms with Crippen LogP contribution < -0.4 is 0 Å². The van der Waals surface area contributed by atoms with Gasteiger partial charge in [-0.2, -0.15) is 5.10 Å². The zero-order valence-electron chi connectivity index (χ0n) is 12.8. The van der Waals surface area contributed by atoms with Gasteiger partial charge in [0.25, 0.3) is 0 Å². The summed E-state index contributed by atoms with van der Waals surface area (Å²) in [6.45, 7) is 8.25. The lowest BCUT2D eigenvalue weighted by molar-refractivity contribution is 0.0992. The van der Waals surface area contributed by atoms with Gasteiger partial charge in [0.1, 0.15) is 0 Å². The van der Waals surface area contributed by atoms with E-state index in [4.69, 9.17) is 0 Å². The molecule has 2 saturated heterocycles. The molecular formula is C16H21BrN4S. The van der Waals surface area contributed by atoms with Gasteiger partial charge in [0.2, 0.25) is 0 Å². The highest BCUT2D eigenvalue weighted by Crippen LogP contribution is 2.33. The maximum atomic E-state index is 4.28. The summed E-state index contributed by atoms with van der Waals surface area (Å²) >= 11 is 5.30. The molecule has 0 spiro atoms. The quantitative estimate of drug-likeness (QED) is 0.885. The average Bonchev–Trinajstić information content (AvgIpc) is 3.17. The third kappa shape index (κ3) is 2.89. The summed E-state index contributed by atoms with van der Waals surface area (Å²) in [6.07, 6.45) is 3.35. The SMILES string of the molecule is CC1CC2CN(Cc3cn[nH]c3-c3ccc(Br)s3)CCN2C1. The Morgan fingerprint density at radius 1 is 1.36 bits per heavy atom. The summed E-state index contributed by atoms with van der Waals surface area (Å²) in [5.41, 5.74) is 2.49. The minimum atomic E-state index is 0.759. The summed E-state index contributed by atoms with van der Waals surface area (Å²) in [7, 11) is 0. The molecule has 6 heteroatoms. The molecule has 22 heavy (non-hydrogen) atoms. The maximum absolute atomic E-state index is 4.28. The fraction of sp³-hybridized carbons (Fsp3) is 0.562. The normalized spacial score (nSPS) is 26.5. The largest absolute Gasteiger partial charge is 0.298 e. The number of piperazine rings is 1. The number of nitrogens with zero attached hydrogens (tertiary/aromatic N) is 3. The zero-order valence-corrected chi connectivity index (χ0v) is 15.2. The number of aromatic amines is 1. The van der Waals surface area contributed by atoms with Crippen LogP contribution >= 0.6 is 27.3 Å². The number of hydrogen-bond acceptors (Lipinski definition) is 4. The predicted octanol–water partition coefficient (Wildman–Crippen LogP) is 3.43. The molecule has 2 unspecified atom stereocenters. The topological polar surface area (TPSA) is 35.2 Å². The smallest absolute Gasteiger partial charge is 0.0795 e. The van der Waals surface area contributed by atoms with Crippen molar-refractivity contribution in [1.29, 1.82) is 0 Å². The molecule has 0 amide bonds. The molecule has 2 aromatic heterocycles. The Balaban J connectivity index is 1.47. The van der Waals surface area contributed by atoms with Gasteiger partial charge in [0, 0.05) is 44.3 Å². The van der Waals surface area contributed by atoms with Crippen LogP contribution in [0.3, 0.4) is 0 Å². The molecule has 2 aliphatic heterocycles. The van der Waals surface area contributed by atoms with E-state index >= 15 is 0 Å². The molecule has 4 rings (SSSR count). The molecule has 0 aromatic carbocycles. The molecule has 2 fully saturated rings. The molecule has 2 aromatic rings.